The first-order chi connectivity index (χ1) is 16.5. The molecule has 34 heavy (non-hydrogen) atoms. The topological polar surface area (TPSA) is 67.5 Å². The van der Waals surface area contributed by atoms with Crippen molar-refractivity contribution in [3.8, 4) is 11.5 Å². The molecule has 3 heterocycles. The summed E-state index contributed by atoms with van der Waals surface area (Å²) in [5.41, 5.74) is 1.44. The van der Waals surface area contributed by atoms with E-state index < -0.39 is 5.54 Å². The number of carbonyl (C=O) groups is 2. The Morgan fingerprint density at radius 3 is 2.53 bits per heavy atom. The second-order valence-electron chi connectivity index (χ2n) is 9.58. The van der Waals surface area contributed by atoms with E-state index in [1.165, 1.54) is 6.42 Å². The lowest BCUT2D eigenvalue weighted by molar-refractivity contribution is -0.133. The average molecular weight is 480 g/mol. The summed E-state index contributed by atoms with van der Waals surface area (Å²) in [6.07, 6.45) is 7.72. The highest BCUT2D eigenvalue weighted by Crippen LogP contribution is 2.34. The molecule has 3 aromatic rings. The van der Waals surface area contributed by atoms with Gasteiger partial charge in [-0.3, -0.25) is 9.59 Å². The zero-order valence-corrected chi connectivity index (χ0v) is 20.2. The molecule has 0 radical (unpaired) electrons. The predicted molar refractivity (Wildman–Crippen MR) is 132 cm³/mol. The Morgan fingerprint density at radius 1 is 1.09 bits per heavy atom. The quantitative estimate of drug-likeness (QED) is 0.521. The van der Waals surface area contributed by atoms with Crippen LogP contribution in [0.2, 0.25) is 5.02 Å². The number of aromatic nitrogens is 1. The van der Waals surface area contributed by atoms with Gasteiger partial charge in [0.2, 0.25) is 5.91 Å². The number of amides is 2. The maximum absolute atomic E-state index is 13.8. The van der Waals surface area contributed by atoms with Gasteiger partial charge in [0.25, 0.3) is 5.91 Å². The third-order valence-electron chi connectivity index (χ3n) is 7.25. The number of carbonyl (C=O) groups excluding carboxylic acids is 2. The molecular weight excluding hydrogens is 450 g/mol. The van der Waals surface area contributed by atoms with E-state index in [0.717, 1.165) is 36.9 Å². The predicted octanol–water partition coefficient (Wildman–Crippen LogP) is 5.31. The molecule has 1 atom stereocenters. The van der Waals surface area contributed by atoms with E-state index in [4.69, 9.17) is 16.0 Å². The van der Waals surface area contributed by atoms with Crippen molar-refractivity contribution in [1.29, 1.82) is 0 Å². The monoisotopic (exact) mass is 479 g/mol. The number of halogens is 1. The van der Waals surface area contributed by atoms with Crippen molar-refractivity contribution in [2.24, 2.45) is 0 Å². The van der Waals surface area contributed by atoms with Gasteiger partial charge in [0.1, 0.15) is 17.0 Å². The molecule has 1 saturated carbocycles. The fourth-order valence-electron chi connectivity index (χ4n) is 5.24. The number of benzene rings is 1. The highest BCUT2D eigenvalue weighted by molar-refractivity contribution is 6.30. The fraction of sp³-hybridized carbons (Fsp3) is 0.407. The maximum Gasteiger partial charge on any atom is 0.271 e. The Balaban J connectivity index is 1.47. The lowest BCUT2D eigenvalue weighted by Crippen LogP contribution is -2.65. The first-order valence-electron chi connectivity index (χ1n) is 12.1. The Morgan fingerprint density at radius 2 is 1.82 bits per heavy atom. The Hall–Kier alpha value is -2.99. The number of nitrogens with zero attached hydrogens (tertiary/aromatic N) is 2. The van der Waals surface area contributed by atoms with Crippen LogP contribution in [-0.4, -0.2) is 39.4 Å². The van der Waals surface area contributed by atoms with E-state index in [9.17, 15) is 9.59 Å². The lowest BCUT2D eigenvalue weighted by atomic mass is 9.91. The van der Waals surface area contributed by atoms with Crippen molar-refractivity contribution in [1.82, 2.24) is 14.8 Å². The van der Waals surface area contributed by atoms with Gasteiger partial charge in [0, 0.05) is 17.6 Å². The third kappa shape index (κ3) is 4.27. The van der Waals surface area contributed by atoms with Gasteiger partial charge >= 0.3 is 0 Å². The van der Waals surface area contributed by atoms with Crippen LogP contribution in [0.5, 0.6) is 0 Å². The van der Waals surface area contributed by atoms with Crippen molar-refractivity contribution in [2.45, 2.75) is 63.6 Å². The molecular formula is C27H30ClN3O3. The Kier molecular flexibility index (Phi) is 6.26. The van der Waals surface area contributed by atoms with Crippen molar-refractivity contribution >= 4 is 23.4 Å². The van der Waals surface area contributed by atoms with Crippen molar-refractivity contribution in [3.63, 3.8) is 0 Å². The summed E-state index contributed by atoms with van der Waals surface area (Å²) in [7, 11) is 0. The van der Waals surface area contributed by atoms with E-state index >= 15 is 0 Å². The molecule has 0 saturated heterocycles. The number of furan rings is 1. The van der Waals surface area contributed by atoms with Crippen LogP contribution >= 0.6 is 11.6 Å². The minimum atomic E-state index is -1.02. The second kappa shape index (κ2) is 9.34. The second-order valence-corrected chi connectivity index (χ2v) is 10.0. The van der Waals surface area contributed by atoms with Crippen LogP contribution in [0.25, 0.3) is 11.5 Å². The molecule has 2 aromatic heterocycles. The summed E-state index contributed by atoms with van der Waals surface area (Å²) in [4.78, 5) is 29.3. The minimum Gasteiger partial charge on any atom is -0.463 e. The molecule has 1 N–H and O–H groups in total. The summed E-state index contributed by atoms with van der Waals surface area (Å²) in [5, 5.41) is 3.95. The molecule has 1 unspecified atom stereocenters. The first kappa shape index (κ1) is 22.8. The van der Waals surface area contributed by atoms with Crippen LogP contribution < -0.4 is 5.32 Å². The summed E-state index contributed by atoms with van der Waals surface area (Å²) in [6.45, 7) is 2.70. The molecule has 1 aliphatic heterocycles. The van der Waals surface area contributed by atoms with Gasteiger partial charge in [-0.15, -0.1) is 0 Å². The molecule has 1 aliphatic carbocycles. The standard InChI is InChI=1S/C27H30ClN3O3/c1-27(26(33)29-21-6-3-2-4-7-21)18-30-22(24-8-5-17-34-24)13-14-23(30)25(32)31(27)16-15-19-9-11-20(28)12-10-19/h5,8-14,17,21H,2-4,6-7,15-16,18H2,1H3,(H,29,33). The minimum absolute atomic E-state index is 0.0893. The normalized spacial score (nSPS) is 20.9. The number of nitrogens with one attached hydrogen (secondary N) is 1. The van der Waals surface area contributed by atoms with Gasteiger partial charge in [0.05, 0.1) is 18.5 Å². The van der Waals surface area contributed by atoms with Crippen LogP contribution in [0.3, 0.4) is 0 Å². The average Bonchev–Trinajstić information content (AvgIpc) is 3.50. The fourth-order valence-corrected chi connectivity index (χ4v) is 5.37. The van der Waals surface area contributed by atoms with Crippen molar-refractivity contribution in [2.75, 3.05) is 6.54 Å². The van der Waals surface area contributed by atoms with Gasteiger partial charge in [0.15, 0.2) is 0 Å². The van der Waals surface area contributed by atoms with Crippen LogP contribution in [0, 0.1) is 0 Å². The molecule has 1 aromatic carbocycles. The molecule has 2 amide bonds. The van der Waals surface area contributed by atoms with Crippen LogP contribution in [0.4, 0.5) is 0 Å². The largest absolute Gasteiger partial charge is 0.463 e. The summed E-state index contributed by atoms with van der Waals surface area (Å²) < 4.78 is 7.55. The van der Waals surface area contributed by atoms with E-state index in [1.54, 1.807) is 11.2 Å². The molecule has 6 nitrogen and oxygen atoms in total. The molecule has 1 fully saturated rings. The maximum atomic E-state index is 13.8. The first-order valence-corrected chi connectivity index (χ1v) is 12.4. The highest BCUT2D eigenvalue weighted by atomic mass is 35.5. The Labute approximate surface area is 204 Å². The van der Waals surface area contributed by atoms with Crippen LogP contribution in [-0.2, 0) is 17.8 Å². The smallest absolute Gasteiger partial charge is 0.271 e. The van der Waals surface area contributed by atoms with Gasteiger partial charge in [-0.05, 0) is 68.1 Å². The van der Waals surface area contributed by atoms with Crippen molar-refractivity contribution < 1.29 is 14.0 Å². The summed E-state index contributed by atoms with van der Waals surface area (Å²) in [6, 6.07) is 15.2. The van der Waals surface area contributed by atoms with Crippen LogP contribution in [0.1, 0.15) is 55.1 Å². The Bertz CT molecular complexity index is 1160. The van der Waals surface area contributed by atoms with Gasteiger partial charge in [-0.1, -0.05) is 43.0 Å². The molecule has 5 rings (SSSR count). The molecule has 0 bridgehead atoms. The number of hydrogen-bond donors (Lipinski definition) is 1. The lowest BCUT2D eigenvalue weighted by Gasteiger charge is -2.45. The number of hydrogen-bond acceptors (Lipinski definition) is 3. The van der Waals surface area contributed by atoms with E-state index in [-0.39, 0.29) is 17.9 Å². The zero-order valence-electron chi connectivity index (χ0n) is 19.4. The van der Waals surface area contributed by atoms with Gasteiger partial charge in [-0.25, -0.2) is 0 Å². The number of rotatable bonds is 6. The van der Waals surface area contributed by atoms with Gasteiger partial charge < -0.3 is 19.2 Å². The third-order valence-corrected chi connectivity index (χ3v) is 7.50. The molecule has 0 spiro atoms. The summed E-state index contributed by atoms with van der Waals surface area (Å²) in [5.74, 6) is 0.455. The molecule has 178 valence electrons. The summed E-state index contributed by atoms with van der Waals surface area (Å²) >= 11 is 6.04. The molecule has 2 aliphatic rings. The van der Waals surface area contributed by atoms with E-state index in [2.05, 4.69) is 5.32 Å². The van der Waals surface area contributed by atoms with E-state index in [1.807, 2.05) is 60.0 Å². The zero-order chi connectivity index (χ0) is 23.7. The van der Waals surface area contributed by atoms with Gasteiger partial charge in [-0.2, -0.15) is 0 Å². The highest BCUT2D eigenvalue weighted by Gasteiger charge is 2.48. The molecule has 7 heteroatoms. The van der Waals surface area contributed by atoms with Crippen LogP contribution in [0.15, 0.2) is 59.2 Å². The van der Waals surface area contributed by atoms with Crippen molar-refractivity contribution in [3.05, 3.63) is 71.1 Å². The number of fused-ring (bicyclic) bond motifs is 1. The van der Waals surface area contributed by atoms with E-state index in [0.29, 0.717) is 36.0 Å². The SMILES string of the molecule is CC1(C(=O)NC2CCCCC2)Cn2c(ccc2-c2ccco2)C(=O)N1CCc1ccc(Cl)cc1.